The summed E-state index contributed by atoms with van der Waals surface area (Å²) < 4.78 is 0.417. The van der Waals surface area contributed by atoms with Crippen molar-refractivity contribution in [3.8, 4) is 11.1 Å². The van der Waals surface area contributed by atoms with Crippen LogP contribution in [0.15, 0.2) is 71.7 Å². The number of nitrogens with one attached hydrogen (secondary N) is 2. The molecule has 0 bridgehead atoms. The van der Waals surface area contributed by atoms with Crippen molar-refractivity contribution in [3.05, 3.63) is 77.3 Å². The van der Waals surface area contributed by atoms with Crippen molar-refractivity contribution in [1.82, 2.24) is 14.7 Å². The summed E-state index contributed by atoms with van der Waals surface area (Å²) in [6.07, 6.45) is 1.48. The zero-order valence-corrected chi connectivity index (χ0v) is 15.0. The van der Waals surface area contributed by atoms with Crippen molar-refractivity contribution in [2.45, 2.75) is 0 Å². The molecule has 0 aliphatic carbocycles. The molecule has 9 nitrogen and oxygen atoms in total. The van der Waals surface area contributed by atoms with Gasteiger partial charge in [-0.25, -0.2) is 14.6 Å². The average molecular weight is 388 g/mol. The number of nitrogens with zero attached hydrogens (tertiary/aromatic N) is 3. The number of hydrogen-bond donors (Lipinski definition) is 4. The molecule has 4 aromatic rings. The van der Waals surface area contributed by atoms with E-state index in [0.29, 0.717) is 27.3 Å². The summed E-state index contributed by atoms with van der Waals surface area (Å²) in [6.45, 7) is 0. The van der Waals surface area contributed by atoms with E-state index < -0.39 is 11.7 Å². The summed E-state index contributed by atoms with van der Waals surface area (Å²) in [5, 5.41) is 15.9. The van der Waals surface area contributed by atoms with Crippen LogP contribution in [0.1, 0.15) is 0 Å². The number of amides is 2. The minimum atomic E-state index is -0.819. The van der Waals surface area contributed by atoms with Crippen LogP contribution in [0.2, 0.25) is 0 Å². The molecular formula is C20H16N6O3. The minimum absolute atomic E-state index is 0.122. The van der Waals surface area contributed by atoms with E-state index in [4.69, 9.17) is 5.73 Å². The van der Waals surface area contributed by atoms with E-state index in [1.54, 1.807) is 24.3 Å². The molecule has 0 aliphatic rings. The van der Waals surface area contributed by atoms with Gasteiger partial charge in [0.05, 0.1) is 5.39 Å². The molecule has 0 saturated carbocycles. The van der Waals surface area contributed by atoms with Crippen LogP contribution in [0.25, 0.3) is 22.2 Å². The van der Waals surface area contributed by atoms with Crippen LogP contribution >= 0.6 is 0 Å². The normalized spacial score (nSPS) is 10.6. The van der Waals surface area contributed by atoms with Crippen molar-refractivity contribution in [2.75, 3.05) is 10.6 Å². The van der Waals surface area contributed by atoms with Gasteiger partial charge in [0.15, 0.2) is 5.65 Å². The molecule has 2 amide bonds. The van der Waals surface area contributed by atoms with E-state index in [1.165, 1.54) is 6.20 Å². The van der Waals surface area contributed by atoms with Crippen LogP contribution in [-0.2, 0) is 0 Å². The van der Waals surface area contributed by atoms with Crippen LogP contribution in [0.3, 0.4) is 0 Å². The first-order valence-electron chi connectivity index (χ1n) is 8.62. The molecule has 0 saturated heterocycles. The maximum absolute atomic E-state index is 11.9. The monoisotopic (exact) mass is 388 g/mol. The molecule has 0 atom stereocenters. The number of urea groups is 1. The number of benzene rings is 2. The predicted octanol–water partition coefficient (Wildman–Crippen LogP) is 2.93. The maximum Gasteiger partial charge on any atom is 0.384 e. The van der Waals surface area contributed by atoms with E-state index >= 15 is 0 Å². The first-order chi connectivity index (χ1) is 14.0. The van der Waals surface area contributed by atoms with Crippen LogP contribution in [0.4, 0.5) is 22.0 Å². The molecule has 2 aromatic carbocycles. The number of carbonyl (C=O) groups excluding carboxylic acids is 1. The molecule has 0 unspecified atom stereocenters. The molecule has 0 radical (unpaired) electrons. The van der Waals surface area contributed by atoms with Crippen LogP contribution in [0, 0.1) is 0 Å². The van der Waals surface area contributed by atoms with Gasteiger partial charge in [0, 0.05) is 17.6 Å². The number of anilines is 3. The molecule has 2 heterocycles. The number of fused-ring (bicyclic) bond motifs is 1. The Kier molecular flexibility index (Phi) is 4.54. The van der Waals surface area contributed by atoms with E-state index in [2.05, 4.69) is 20.6 Å². The molecule has 0 fully saturated rings. The fraction of sp³-hybridized carbons (Fsp3) is 0. The molecule has 2 aromatic heterocycles. The highest BCUT2D eigenvalue weighted by atomic mass is 16.5. The summed E-state index contributed by atoms with van der Waals surface area (Å²) in [5.41, 5.74) is 7.66. The summed E-state index contributed by atoms with van der Waals surface area (Å²) in [6, 6.07) is 17.6. The van der Waals surface area contributed by atoms with E-state index in [1.807, 2.05) is 36.4 Å². The van der Waals surface area contributed by atoms with Gasteiger partial charge in [-0.1, -0.05) is 24.3 Å². The van der Waals surface area contributed by atoms with Gasteiger partial charge in [0.2, 0.25) is 0 Å². The van der Waals surface area contributed by atoms with Crippen molar-refractivity contribution >= 4 is 34.3 Å². The topological polar surface area (TPSA) is 135 Å². The number of aromatic nitrogens is 3. The summed E-state index contributed by atoms with van der Waals surface area (Å²) in [4.78, 5) is 30.7. The van der Waals surface area contributed by atoms with Gasteiger partial charge in [-0.3, -0.25) is 0 Å². The summed E-state index contributed by atoms with van der Waals surface area (Å²) in [7, 11) is 0. The van der Waals surface area contributed by atoms with Gasteiger partial charge < -0.3 is 21.6 Å². The lowest BCUT2D eigenvalue weighted by molar-refractivity contribution is 0.182. The Morgan fingerprint density at radius 2 is 1.59 bits per heavy atom. The molecule has 144 valence electrons. The zero-order chi connectivity index (χ0) is 20.4. The van der Waals surface area contributed by atoms with Gasteiger partial charge in [-0.05, 0) is 47.5 Å². The first kappa shape index (κ1) is 18.0. The molecule has 4 rings (SSSR count). The molecule has 0 spiro atoms. The number of pyridine rings is 1. The third-order valence-corrected chi connectivity index (χ3v) is 4.26. The number of hydrogen-bond acceptors (Lipinski definition) is 6. The Morgan fingerprint density at radius 1 is 0.966 bits per heavy atom. The van der Waals surface area contributed by atoms with Gasteiger partial charge in [0.1, 0.15) is 5.82 Å². The molecule has 0 aliphatic heterocycles. The van der Waals surface area contributed by atoms with Crippen molar-refractivity contribution in [2.24, 2.45) is 5.73 Å². The largest absolute Gasteiger partial charge is 0.422 e. The lowest BCUT2D eigenvalue weighted by atomic mass is 10.0. The Bertz CT molecular complexity index is 1250. The van der Waals surface area contributed by atoms with Gasteiger partial charge in [0.25, 0.3) is 0 Å². The zero-order valence-electron chi connectivity index (χ0n) is 15.0. The smallest absolute Gasteiger partial charge is 0.384 e. The van der Waals surface area contributed by atoms with Gasteiger partial charge in [-0.15, -0.1) is 4.73 Å². The van der Waals surface area contributed by atoms with Crippen molar-refractivity contribution < 1.29 is 10.0 Å². The van der Waals surface area contributed by atoms with Gasteiger partial charge >= 0.3 is 11.7 Å². The molecule has 29 heavy (non-hydrogen) atoms. The number of primary amides is 1. The van der Waals surface area contributed by atoms with Crippen molar-refractivity contribution in [1.29, 1.82) is 0 Å². The lowest BCUT2D eigenvalue weighted by Gasteiger charge is -2.10. The van der Waals surface area contributed by atoms with Crippen LogP contribution in [0.5, 0.6) is 0 Å². The Hall–Kier alpha value is -4.40. The third-order valence-electron chi connectivity index (χ3n) is 4.26. The Labute approximate surface area is 164 Å². The highest BCUT2D eigenvalue weighted by molar-refractivity contribution is 5.89. The van der Waals surface area contributed by atoms with Crippen LogP contribution < -0.4 is 22.1 Å². The van der Waals surface area contributed by atoms with Crippen molar-refractivity contribution in [3.63, 3.8) is 0 Å². The standard InChI is InChI=1S/C20H16N6O3/c21-19(27)24-15-9-5-13(6-10-15)12-3-7-14(8-4-12)23-17-16-2-1-11-22-18(16)26(29)20(28)25-17/h1-11,29H,(H3,21,24,27)(H,23,25,28). The predicted molar refractivity (Wildman–Crippen MR) is 109 cm³/mol. The highest BCUT2D eigenvalue weighted by Gasteiger charge is 2.11. The Morgan fingerprint density at radius 3 is 2.21 bits per heavy atom. The highest BCUT2D eigenvalue weighted by Crippen LogP contribution is 2.26. The summed E-state index contributed by atoms with van der Waals surface area (Å²) in [5.74, 6) is 0.304. The Balaban J connectivity index is 1.59. The number of carbonyl (C=O) groups is 1. The first-order valence-corrected chi connectivity index (χ1v) is 8.62. The average Bonchev–Trinajstić information content (AvgIpc) is 2.73. The maximum atomic E-state index is 11.9. The summed E-state index contributed by atoms with van der Waals surface area (Å²) >= 11 is 0. The van der Waals surface area contributed by atoms with Gasteiger partial charge in [-0.2, -0.15) is 4.98 Å². The minimum Gasteiger partial charge on any atom is -0.422 e. The lowest BCUT2D eigenvalue weighted by Crippen LogP contribution is -2.23. The second-order valence-corrected chi connectivity index (χ2v) is 6.20. The SMILES string of the molecule is NC(=O)Nc1ccc(-c2ccc(Nc3nc(=O)n(O)c4ncccc34)cc2)cc1. The molecular weight excluding hydrogens is 372 g/mol. The second kappa shape index (κ2) is 7.31. The third kappa shape index (κ3) is 3.69. The van der Waals surface area contributed by atoms with E-state index in [0.717, 1.165) is 11.1 Å². The second-order valence-electron chi connectivity index (χ2n) is 6.20. The fourth-order valence-electron chi connectivity index (χ4n) is 2.91. The molecule has 9 heteroatoms. The van der Waals surface area contributed by atoms with E-state index in [9.17, 15) is 14.8 Å². The van der Waals surface area contributed by atoms with Crippen LogP contribution in [-0.4, -0.2) is 25.9 Å². The number of nitrogens with two attached hydrogens (primary N) is 1. The fourth-order valence-corrected chi connectivity index (χ4v) is 2.91. The molecule has 5 N–H and O–H groups in total. The van der Waals surface area contributed by atoms with E-state index in [-0.39, 0.29) is 5.65 Å². The quantitative estimate of drug-likeness (QED) is 0.397. The number of rotatable bonds is 4.